The number of imidazole rings is 1. The van der Waals surface area contributed by atoms with Crippen LogP contribution in [-0.4, -0.2) is 40.7 Å². The average molecular weight is 502 g/mol. The van der Waals surface area contributed by atoms with Crippen molar-refractivity contribution in [3.63, 3.8) is 0 Å². The maximum atomic E-state index is 13.6. The molecule has 0 spiro atoms. The summed E-state index contributed by atoms with van der Waals surface area (Å²) in [5, 5.41) is 21.5. The van der Waals surface area contributed by atoms with Crippen molar-refractivity contribution in [1.82, 2.24) is 35.0 Å². The lowest BCUT2D eigenvalue weighted by Crippen LogP contribution is -2.51. The molecule has 3 N–H and O–H groups in total. The van der Waals surface area contributed by atoms with Gasteiger partial charge in [-0.3, -0.25) is 14.2 Å². The molecule has 37 heavy (non-hydrogen) atoms. The summed E-state index contributed by atoms with van der Waals surface area (Å²) in [7, 11) is 0. The highest BCUT2D eigenvalue weighted by molar-refractivity contribution is 5.92. The number of benzene rings is 1. The molecule has 2 aliphatic rings. The maximum absolute atomic E-state index is 13.6. The Hall–Kier alpha value is -4.41. The van der Waals surface area contributed by atoms with Crippen molar-refractivity contribution in [3.05, 3.63) is 87.2 Å². The molecule has 1 aliphatic heterocycles. The first-order valence-electron chi connectivity index (χ1n) is 12.1. The quantitative estimate of drug-likeness (QED) is 0.382. The minimum absolute atomic E-state index is 0.0243. The maximum Gasteiger partial charge on any atom is 0.296 e. The Labute approximate surface area is 210 Å². The van der Waals surface area contributed by atoms with Gasteiger partial charge in [-0.1, -0.05) is 12.1 Å². The van der Waals surface area contributed by atoms with Gasteiger partial charge in [0.1, 0.15) is 11.6 Å². The predicted octanol–water partition coefficient (Wildman–Crippen LogP) is 2.61. The SMILES string of the molecule is Cc1cc(Cc2cnc(-c3nc4n(c(=O)c3O)CC3CCC4(NC(=O)c4cccnn4)C3)[nH]2)ccc1F. The van der Waals surface area contributed by atoms with Crippen molar-refractivity contribution < 1.29 is 14.3 Å². The molecule has 1 amide bonds. The standard InChI is InChI=1S/C26H24FN7O3/c1-14-9-15(4-5-18(14)27)10-17-12-28-22(30-17)20-21(35)24(37)34-13-16-6-7-26(11-16,25(34)31-20)32-23(36)19-3-2-8-29-33-19/h2-5,8-9,12,16,35H,6-7,10-11,13H2,1H3,(H,28,30)(H,32,36). The summed E-state index contributed by atoms with van der Waals surface area (Å²) >= 11 is 0. The zero-order chi connectivity index (χ0) is 25.7. The van der Waals surface area contributed by atoms with Crippen LogP contribution in [0.4, 0.5) is 4.39 Å². The van der Waals surface area contributed by atoms with E-state index in [4.69, 9.17) is 4.98 Å². The van der Waals surface area contributed by atoms with Gasteiger partial charge < -0.3 is 15.4 Å². The lowest BCUT2D eigenvalue weighted by Gasteiger charge is -2.35. The van der Waals surface area contributed by atoms with E-state index in [0.717, 1.165) is 12.0 Å². The molecule has 1 aliphatic carbocycles. The highest BCUT2D eigenvalue weighted by Gasteiger charge is 2.49. The van der Waals surface area contributed by atoms with Gasteiger partial charge in [0.25, 0.3) is 11.5 Å². The first kappa shape index (κ1) is 23.0. The van der Waals surface area contributed by atoms with Crippen LogP contribution in [0.1, 0.15) is 52.4 Å². The highest BCUT2D eigenvalue weighted by atomic mass is 19.1. The van der Waals surface area contributed by atoms with Gasteiger partial charge >= 0.3 is 0 Å². The summed E-state index contributed by atoms with van der Waals surface area (Å²) in [5.41, 5.74) is 0.896. The molecule has 2 bridgehead atoms. The molecule has 11 heteroatoms. The third-order valence-electron chi connectivity index (χ3n) is 7.26. The number of hydrogen-bond donors (Lipinski definition) is 3. The summed E-state index contributed by atoms with van der Waals surface area (Å²) in [5.74, 6) is -0.369. The van der Waals surface area contributed by atoms with Crippen LogP contribution in [0, 0.1) is 18.7 Å². The van der Waals surface area contributed by atoms with Crippen LogP contribution in [0.15, 0.2) is 47.5 Å². The smallest absolute Gasteiger partial charge is 0.296 e. The molecule has 188 valence electrons. The number of H-pyrrole nitrogens is 1. The Bertz CT molecular complexity index is 1580. The minimum atomic E-state index is -0.875. The van der Waals surface area contributed by atoms with Crippen molar-refractivity contribution in [2.75, 3.05) is 0 Å². The number of hydrogen-bond acceptors (Lipinski definition) is 7. The zero-order valence-corrected chi connectivity index (χ0v) is 20.0. The third-order valence-corrected chi connectivity index (χ3v) is 7.26. The largest absolute Gasteiger partial charge is 0.501 e. The zero-order valence-electron chi connectivity index (χ0n) is 20.0. The van der Waals surface area contributed by atoms with Gasteiger partial charge in [0, 0.05) is 31.1 Å². The number of carbonyl (C=O) groups excluding carboxylic acids is 1. The van der Waals surface area contributed by atoms with Crippen molar-refractivity contribution in [3.8, 4) is 17.3 Å². The normalized spacial score (nSPS) is 20.0. The number of rotatable bonds is 5. The molecular formula is C26H24FN7O3. The van der Waals surface area contributed by atoms with Crippen molar-refractivity contribution in [2.45, 2.75) is 44.7 Å². The predicted molar refractivity (Wildman–Crippen MR) is 130 cm³/mol. The fourth-order valence-corrected chi connectivity index (χ4v) is 5.49. The van der Waals surface area contributed by atoms with Gasteiger partial charge in [0.15, 0.2) is 17.2 Å². The Morgan fingerprint density at radius 1 is 1.35 bits per heavy atom. The van der Waals surface area contributed by atoms with Gasteiger partial charge in [0.05, 0.1) is 5.54 Å². The molecule has 2 unspecified atom stereocenters. The topological polar surface area (TPSA) is 139 Å². The number of aromatic nitrogens is 6. The molecule has 4 heterocycles. The summed E-state index contributed by atoms with van der Waals surface area (Å²) in [6.45, 7) is 2.12. The van der Waals surface area contributed by atoms with E-state index in [0.29, 0.717) is 42.9 Å². The third kappa shape index (κ3) is 3.96. The van der Waals surface area contributed by atoms with Gasteiger partial charge in [-0.05, 0) is 61.4 Å². The second-order valence-corrected chi connectivity index (χ2v) is 9.82. The molecule has 0 saturated heterocycles. The van der Waals surface area contributed by atoms with Crippen molar-refractivity contribution >= 4 is 5.91 Å². The van der Waals surface area contributed by atoms with Crippen LogP contribution in [0.25, 0.3) is 11.5 Å². The van der Waals surface area contributed by atoms with Crippen LogP contribution >= 0.6 is 0 Å². The Kier molecular flexibility index (Phi) is 5.36. The molecule has 1 fully saturated rings. The first-order valence-corrected chi connectivity index (χ1v) is 12.1. The van der Waals surface area contributed by atoms with Crippen LogP contribution in [0.3, 0.4) is 0 Å². The van der Waals surface area contributed by atoms with Crippen LogP contribution in [-0.2, 0) is 18.5 Å². The monoisotopic (exact) mass is 501 g/mol. The highest BCUT2D eigenvalue weighted by Crippen LogP contribution is 2.46. The van der Waals surface area contributed by atoms with E-state index in [2.05, 4.69) is 25.5 Å². The van der Waals surface area contributed by atoms with Gasteiger partial charge in [0.2, 0.25) is 5.75 Å². The molecule has 10 nitrogen and oxygen atoms in total. The second kappa shape index (κ2) is 8.61. The van der Waals surface area contributed by atoms with E-state index in [9.17, 15) is 19.1 Å². The molecular weight excluding hydrogens is 477 g/mol. The fourth-order valence-electron chi connectivity index (χ4n) is 5.49. The number of amides is 1. The van der Waals surface area contributed by atoms with E-state index in [-0.39, 0.29) is 28.9 Å². The number of halogens is 1. The summed E-state index contributed by atoms with van der Waals surface area (Å²) < 4.78 is 15.1. The van der Waals surface area contributed by atoms with E-state index < -0.39 is 22.8 Å². The van der Waals surface area contributed by atoms with Gasteiger partial charge in [-0.2, -0.15) is 5.10 Å². The number of carbonyl (C=O) groups is 1. The average Bonchev–Trinajstić information content (AvgIpc) is 3.49. The number of aryl methyl sites for hydroxylation is 1. The number of nitrogens with one attached hydrogen (secondary N) is 2. The number of nitrogens with zero attached hydrogens (tertiary/aromatic N) is 5. The Morgan fingerprint density at radius 3 is 3.00 bits per heavy atom. The Morgan fingerprint density at radius 2 is 2.22 bits per heavy atom. The lowest BCUT2D eigenvalue weighted by atomic mass is 9.90. The van der Waals surface area contributed by atoms with E-state index >= 15 is 0 Å². The van der Waals surface area contributed by atoms with E-state index in [1.54, 1.807) is 37.4 Å². The van der Waals surface area contributed by atoms with E-state index in [1.165, 1.54) is 16.8 Å². The Balaban J connectivity index is 1.37. The van der Waals surface area contributed by atoms with Gasteiger partial charge in [-0.15, -0.1) is 5.10 Å². The number of aromatic hydroxyl groups is 1. The van der Waals surface area contributed by atoms with Crippen molar-refractivity contribution in [1.29, 1.82) is 0 Å². The molecule has 1 aromatic carbocycles. The number of aromatic amines is 1. The number of fused-ring (bicyclic) bond motifs is 4. The van der Waals surface area contributed by atoms with E-state index in [1.807, 2.05) is 0 Å². The fraction of sp³-hybridized carbons (Fsp3) is 0.308. The summed E-state index contributed by atoms with van der Waals surface area (Å²) in [6, 6.07) is 8.08. The van der Waals surface area contributed by atoms with Crippen LogP contribution in [0.5, 0.6) is 5.75 Å². The lowest BCUT2D eigenvalue weighted by molar-refractivity contribution is 0.0871. The molecule has 3 aromatic heterocycles. The molecule has 2 atom stereocenters. The molecule has 4 aromatic rings. The summed E-state index contributed by atoms with van der Waals surface area (Å²) in [6.07, 6.45) is 5.59. The van der Waals surface area contributed by atoms with Crippen LogP contribution in [0.2, 0.25) is 0 Å². The molecule has 1 saturated carbocycles. The minimum Gasteiger partial charge on any atom is -0.501 e. The molecule has 6 rings (SSSR count). The van der Waals surface area contributed by atoms with Gasteiger partial charge in [-0.25, -0.2) is 14.4 Å². The summed E-state index contributed by atoms with van der Waals surface area (Å²) in [4.78, 5) is 38.5. The first-order chi connectivity index (χ1) is 17.8. The second-order valence-electron chi connectivity index (χ2n) is 9.82. The van der Waals surface area contributed by atoms with Crippen molar-refractivity contribution in [2.24, 2.45) is 5.92 Å². The van der Waals surface area contributed by atoms with Crippen LogP contribution < -0.4 is 10.9 Å². The molecule has 0 radical (unpaired) electrons.